The summed E-state index contributed by atoms with van der Waals surface area (Å²) >= 11 is 0. The quantitative estimate of drug-likeness (QED) is 0.203. The first kappa shape index (κ1) is 37.2. The number of alkyl halides is 4. The van der Waals surface area contributed by atoms with Crippen LogP contribution in [0.5, 0.6) is 5.75 Å². The standard InChI is InChI=1S/C40H49F4N5O5/c1-3-23-14-24-16-25(15-23)40(18-24,37(51)52)47-36(50)31-19-45-35(46-34(31)38(2,41)42)32-20-49(27-10-12-53-13-11-27)33-17-29(8-9-30(32)33)54-28-6-4-26(5-7-28)48-21-39(43,44)22-48/h8-9,17,19-20,23-28H,3-7,10-16,18,21-22H2,1-2H3,(H,47,50)(H,51,52). The smallest absolute Gasteiger partial charge is 0.329 e. The van der Waals surface area contributed by atoms with Gasteiger partial charge in [0.2, 0.25) is 0 Å². The van der Waals surface area contributed by atoms with Gasteiger partial charge in [0.1, 0.15) is 17.0 Å². The molecule has 2 bridgehead atoms. The van der Waals surface area contributed by atoms with Crippen molar-refractivity contribution in [1.82, 2.24) is 24.8 Å². The summed E-state index contributed by atoms with van der Waals surface area (Å²) in [5.41, 5.74) is -1.40. The van der Waals surface area contributed by atoms with E-state index < -0.39 is 40.5 Å². The largest absolute Gasteiger partial charge is 0.490 e. The molecule has 5 fully saturated rings. The van der Waals surface area contributed by atoms with Crippen molar-refractivity contribution in [3.05, 3.63) is 41.9 Å². The maximum absolute atomic E-state index is 15.4. The molecular weight excluding hydrogens is 706 g/mol. The molecule has 2 aromatic heterocycles. The second-order valence-electron chi connectivity index (χ2n) is 16.6. The average Bonchev–Trinajstić information content (AvgIpc) is 3.64. The molecular formula is C40H49F4N5O5. The topological polar surface area (TPSA) is 119 Å². The second kappa shape index (κ2) is 14.1. The van der Waals surface area contributed by atoms with Gasteiger partial charge in [-0.25, -0.2) is 23.5 Å². The van der Waals surface area contributed by atoms with E-state index in [1.807, 2.05) is 29.3 Å². The molecule has 0 radical (unpaired) electrons. The third kappa shape index (κ3) is 6.97. The van der Waals surface area contributed by atoms with E-state index in [1.54, 1.807) is 0 Å². The highest BCUT2D eigenvalue weighted by Crippen LogP contribution is 2.51. The molecule has 3 aliphatic carbocycles. The number of amides is 1. The molecule has 10 nitrogen and oxygen atoms in total. The number of carbonyl (C=O) groups is 2. The van der Waals surface area contributed by atoms with Crippen molar-refractivity contribution in [2.45, 2.75) is 120 Å². The summed E-state index contributed by atoms with van der Waals surface area (Å²) in [6.45, 7) is 3.57. The maximum atomic E-state index is 15.4. The molecule has 5 aliphatic rings. The van der Waals surface area contributed by atoms with Gasteiger partial charge in [-0.15, -0.1) is 0 Å². The van der Waals surface area contributed by atoms with Crippen LogP contribution in [0.15, 0.2) is 30.6 Å². The van der Waals surface area contributed by atoms with Crippen molar-refractivity contribution in [2.24, 2.45) is 17.8 Å². The zero-order valence-electron chi connectivity index (χ0n) is 30.8. The van der Waals surface area contributed by atoms with Gasteiger partial charge in [0.05, 0.1) is 30.3 Å². The predicted molar refractivity (Wildman–Crippen MR) is 192 cm³/mol. The van der Waals surface area contributed by atoms with E-state index in [4.69, 9.17) is 9.47 Å². The number of hydrogen-bond acceptors (Lipinski definition) is 7. The zero-order valence-corrected chi connectivity index (χ0v) is 30.8. The molecule has 4 heterocycles. The molecule has 14 heteroatoms. The van der Waals surface area contributed by atoms with Crippen LogP contribution in [-0.2, 0) is 15.5 Å². The van der Waals surface area contributed by atoms with Crippen molar-refractivity contribution in [3.8, 4) is 17.1 Å². The second-order valence-corrected chi connectivity index (χ2v) is 16.6. The molecule has 3 aromatic rings. The summed E-state index contributed by atoms with van der Waals surface area (Å²) in [4.78, 5) is 37.3. The first-order valence-corrected chi connectivity index (χ1v) is 19.6. The Morgan fingerprint density at radius 1 is 1.06 bits per heavy atom. The number of aromatic nitrogens is 3. The summed E-state index contributed by atoms with van der Waals surface area (Å²) < 4.78 is 71.9. The Bertz CT molecular complexity index is 1890. The lowest BCUT2D eigenvalue weighted by molar-refractivity contribution is -0.151. The summed E-state index contributed by atoms with van der Waals surface area (Å²) in [6, 6.07) is 5.87. The van der Waals surface area contributed by atoms with E-state index in [2.05, 4.69) is 26.8 Å². The van der Waals surface area contributed by atoms with E-state index in [-0.39, 0.29) is 55.4 Å². The van der Waals surface area contributed by atoms with Gasteiger partial charge in [-0.2, -0.15) is 8.78 Å². The zero-order chi connectivity index (χ0) is 38.0. The van der Waals surface area contributed by atoms with Gasteiger partial charge in [0.15, 0.2) is 5.82 Å². The molecule has 8 rings (SSSR count). The Balaban J connectivity index is 1.08. The molecule has 4 unspecified atom stereocenters. The summed E-state index contributed by atoms with van der Waals surface area (Å²) in [6.07, 6.45) is 10.9. The molecule has 54 heavy (non-hydrogen) atoms. The minimum absolute atomic E-state index is 0.0258. The molecule has 3 saturated carbocycles. The highest BCUT2D eigenvalue weighted by atomic mass is 19.3. The van der Waals surface area contributed by atoms with Gasteiger partial charge in [0.25, 0.3) is 17.8 Å². The van der Waals surface area contributed by atoms with Crippen LogP contribution in [0.1, 0.15) is 107 Å². The van der Waals surface area contributed by atoms with E-state index in [0.29, 0.717) is 50.2 Å². The fourth-order valence-electron chi connectivity index (χ4n) is 10.1. The molecule has 2 aliphatic heterocycles. The summed E-state index contributed by atoms with van der Waals surface area (Å²) in [5, 5.41) is 13.9. The molecule has 1 aromatic carbocycles. The number of hydrogen-bond donors (Lipinski definition) is 2. The van der Waals surface area contributed by atoms with E-state index in [1.165, 1.54) is 0 Å². The lowest BCUT2D eigenvalue weighted by atomic mass is 9.76. The molecule has 2 saturated heterocycles. The number of halogens is 4. The number of nitrogens with zero attached hydrogens (tertiary/aromatic N) is 4. The van der Waals surface area contributed by atoms with Crippen LogP contribution >= 0.6 is 0 Å². The normalized spacial score (nSPS) is 30.2. The van der Waals surface area contributed by atoms with E-state index >= 15 is 8.78 Å². The molecule has 0 spiro atoms. The van der Waals surface area contributed by atoms with E-state index in [9.17, 15) is 23.5 Å². The van der Waals surface area contributed by atoms with Crippen LogP contribution in [0.25, 0.3) is 22.3 Å². The van der Waals surface area contributed by atoms with Gasteiger partial charge in [-0.1, -0.05) is 13.3 Å². The maximum Gasteiger partial charge on any atom is 0.329 e. The lowest BCUT2D eigenvalue weighted by Crippen LogP contribution is -2.60. The number of carboxylic acids is 1. The first-order valence-electron chi connectivity index (χ1n) is 19.6. The number of carboxylic acid groups (broad SMARTS) is 1. The van der Waals surface area contributed by atoms with E-state index in [0.717, 1.165) is 68.5 Å². The summed E-state index contributed by atoms with van der Waals surface area (Å²) in [7, 11) is 0. The Morgan fingerprint density at radius 3 is 2.46 bits per heavy atom. The number of nitrogens with one attached hydrogen (secondary N) is 1. The fourth-order valence-corrected chi connectivity index (χ4v) is 10.1. The van der Waals surface area contributed by atoms with Gasteiger partial charge < -0.3 is 24.5 Å². The Kier molecular flexibility index (Phi) is 9.68. The van der Waals surface area contributed by atoms with Gasteiger partial charge in [-0.3, -0.25) is 9.69 Å². The van der Waals surface area contributed by atoms with Gasteiger partial charge in [-0.05, 0) is 94.1 Å². The third-order valence-electron chi connectivity index (χ3n) is 12.9. The third-order valence-corrected chi connectivity index (χ3v) is 12.9. The van der Waals surface area contributed by atoms with Crippen LogP contribution in [0.2, 0.25) is 0 Å². The average molecular weight is 756 g/mol. The number of rotatable bonds is 10. The minimum Gasteiger partial charge on any atom is -0.490 e. The van der Waals surface area contributed by atoms with Crippen LogP contribution in [-0.4, -0.2) is 86.3 Å². The van der Waals surface area contributed by atoms with Gasteiger partial charge >= 0.3 is 5.97 Å². The van der Waals surface area contributed by atoms with Crippen molar-refractivity contribution >= 4 is 22.8 Å². The monoisotopic (exact) mass is 755 g/mol. The molecule has 2 N–H and O–H groups in total. The SMILES string of the molecule is CCC1CC2CC(C1)C(NC(=O)c1cnc(-c3cn(C4CCOCC4)c4cc(OC5CCC(N6CC(F)(F)C6)CC5)ccc34)nc1C(C)(F)F)(C(=O)O)C2. The van der Waals surface area contributed by atoms with Crippen LogP contribution in [0.4, 0.5) is 17.6 Å². The number of aliphatic carboxylic acids is 1. The first-order chi connectivity index (χ1) is 25.7. The summed E-state index contributed by atoms with van der Waals surface area (Å²) in [5.74, 6) is -7.25. The molecule has 4 atom stereocenters. The van der Waals surface area contributed by atoms with Crippen LogP contribution in [0.3, 0.4) is 0 Å². The highest BCUT2D eigenvalue weighted by molar-refractivity contribution is 6.00. The van der Waals surface area contributed by atoms with Crippen LogP contribution in [0, 0.1) is 17.8 Å². The Hall–Kier alpha value is -3.78. The minimum atomic E-state index is -3.53. The van der Waals surface area contributed by atoms with Crippen molar-refractivity contribution in [1.29, 1.82) is 0 Å². The predicted octanol–water partition coefficient (Wildman–Crippen LogP) is 7.60. The van der Waals surface area contributed by atoms with Crippen molar-refractivity contribution < 1.29 is 41.7 Å². The Labute approximate surface area is 312 Å². The van der Waals surface area contributed by atoms with Gasteiger partial charge in [0, 0.05) is 61.6 Å². The number of ether oxygens (including phenoxy) is 2. The number of likely N-dealkylation sites (tertiary alicyclic amines) is 1. The number of benzene rings is 1. The number of fused-ring (bicyclic) bond motifs is 3. The Morgan fingerprint density at radius 2 is 1.80 bits per heavy atom. The molecule has 292 valence electrons. The highest BCUT2D eigenvalue weighted by Gasteiger charge is 2.57. The van der Waals surface area contributed by atoms with Crippen LogP contribution < -0.4 is 10.1 Å². The lowest BCUT2D eigenvalue weighted by Gasteiger charge is -2.46. The van der Waals surface area contributed by atoms with Crippen molar-refractivity contribution in [2.75, 3.05) is 26.3 Å². The molecule has 1 amide bonds. The van der Waals surface area contributed by atoms with Crippen molar-refractivity contribution in [3.63, 3.8) is 0 Å². The fraction of sp³-hybridized carbons (Fsp3) is 0.650. The number of carbonyl (C=O) groups excluding carboxylic acids is 1.